The highest BCUT2D eigenvalue weighted by molar-refractivity contribution is 7.92. The van der Waals surface area contributed by atoms with Gasteiger partial charge in [0, 0.05) is 12.1 Å². The molecule has 1 saturated carbocycles. The lowest BCUT2D eigenvalue weighted by molar-refractivity contribution is 0.359. The minimum Gasteiger partial charge on any atom is -0.326 e. The van der Waals surface area contributed by atoms with Crippen LogP contribution in [-0.2, 0) is 19.9 Å². The summed E-state index contributed by atoms with van der Waals surface area (Å²) in [4.78, 5) is 0. The van der Waals surface area contributed by atoms with Crippen LogP contribution in [0.25, 0.3) is 0 Å². The molecule has 0 aromatic carbocycles. The number of sulfonamides is 1. The molecule has 1 saturated heterocycles. The Hall–Kier alpha value is -0.180. The molecule has 6 nitrogen and oxygen atoms in total. The number of nitrogens with two attached hydrogens (primary N) is 1. The highest BCUT2D eigenvalue weighted by Gasteiger charge is 2.35. The van der Waals surface area contributed by atoms with E-state index in [9.17, 15) is 16.8 Å². The molecule has 0 aromatic rings. The summed E-state index contributed by atoms with van der Waals surface area (Å²) in [6.07, 6.45) is 4.03. The van der Waals surface area contributed by atoms with Crippen LogP contribution in [0.5, 0.6) is 0 Å². The summed E-state index contributed by atoms with van der Waals surface area (Å²) in [5, 5.41) is -0.592. The van der Waals surface area contributed by atoms with E-state index in [4.69, 9.17) is 5.73 Å². The summed E-state index contributed by atoms with van der Waals surface area (Å²) in [7, 11) is -6.50. The highest BCUT2D eigenvalue weighted by Crippen LogP contribution is 2.22. The molecule has 0 radical (unpaired) electrons. The van der Waals surface area contributed by atoms with Gasteiger partial charge in [0.1, 0.15) is 9.84 Å². The third kappa shape index (κ3) is 3.90. The van der Waals surface area contributed by atoms with Gasteiger partial charge in [0.05, 0.1) is 16.8 Å². The van der Waals surface area contributed by atoms with Crippen molar-refractivity contribution in [2.45, 2.75) is 55.9 Å². The van der Waals surface area contributed by atoms with E-state index in [0.29, 0.717) is 0 Å². The van der Waals surface area contributed by atoms with Crippen molar-refractivity contribution < 1.29 is 16.8 Å². The zero-order valence-electron chi connectivity index (χ0n) is 10.9. The molecule has 2 atom stereocenters. The SMILES string of the molecule is NC1CCCCC1NS(=O)(=O)C1CCS(=O)(=O)CC1. The van der Waals surface area contributed by atoms with Crippen LogP contribution in [0.4, 0.5) is 0 Å². The predicted octanol–water partition coefficient (Wildman–Crippen LogP) is -0.247. The van der Waals surface area contributed by atoms with Crippen molar-refractivity contribution >= 4 is 19.9 Å². The van der Waals surface area contributed by atoms with Crippen molar-refractivity contribution in [3.05, 3.63) is 0 Å². The lowest BCUT2D eigenvalue weighted by atomic mass is 9.92. The fraction of sp³-hybridized carbons (Fsp3) is 1.00. The van der Waals surface area contributed by atoms with Crippen LogP contribution in [-0.4, -0.2) is 45.7 Å². The van der Waals surface area contributed by atoms with Crippen molar-refractivity contribution in [3.63, 3.8) is 0 Å². The molecule has 112 valence electrons. The number of sulfone groups is 1. The van der Waals surface area contributed by atoms with Crippen LogP contribution in [0, 0.1) is 0 Å². The van der Waals surface area contributed by atoms with E-state index in [1.807, 2.05) is 0 Å². The quantitative estimate of drug-likeness (QED) is 0.748. The van der Waals surface area contributed by atoms with Gasteiger partial charge in [-0.05, 0) is 25.7 Å². The summed E-state index contributed by atoms with van der Waals surface area (Å²) in [6, 6.07) is -0.326. The van der Waals surface area contributed by atoms with Gasteiger partial charge in [0.2, 0.25) is 10.0 Å². The van der Waals surface area contributed by atoms with Gasteiger partial charge in [-0.25, -0.2) is 21.6 Å². The van der Waals surface area contributed by atoms with Gasteiger partial charge in [0.25, 0.3) is 0 Å². The van der Waals surface area contributed by atoms with Gasteiger partial charge in [0.15, 0.2) is 0 Å². The molecule has 2 aliphatic rings. The number of rotatable bonds is 3. The van der Waals surface area contributed by atoms with Gasteiger partial charge >= 0.3 is 0 Å². The molecule has 0 aromatic heterocycles. The Balaban J connectivity index is 1.98. The third-order valence-corrected chi connectivity index (χ3v) is 7.77. The van der Waals surface area contributed by atoms with Crippen LogP contribution in [0.3, 0.4) is 0 Å². The van der Waals surface area contributed by atoms with Crippen molar-refractivity contribution in [1.29, 1.82) is 0 Å². The molecule has 2 unspecified atom stereocenters. The van der Waals surface area contributed by atoms with Crippen molar-refractivity contribution in [1.82, 2.24) is 4.72 Å². The van der Waals surface area contributed by atoms with Gasteiger partial charge in [-0.15, -0.1) is 0 Å². The van der Waals surface area contributed by atoms with E-state index < -0.39 is 25.1 Å². The maximum atomic E-state index is 12.2. The van der Waals surface area contributed by atoms with E-state index >= 15 is 0 Å². The van der Waals surface area contributed by atoms with Gasteiger partial charge < -0.3 is 5.73 Å². The van der Waals surface area contributed by atoms with Crippen LogP contribution >= 0.6 is 0 Å². The molecule has 2 fully saturated rings. The Bertz CT molecular complexity index is 501. The van der Waals surface area contributed by atoms with Crippen molar-refractivity contribution in [2.75, 3.05) is 11.5 Å². The first-order chi connectivity index (χ1) is 8.80. The first-order valence-electron chi connectivity index (χ1n) is 6.77. The molecular formula is C11H22N2O4S2. The summed E-state index contributed by atoms with van der Waals surface area (Å²) in [5.41, 5.74) is 5.94. The molecule has 0 amide bonds. The van der Waals surface area contributed by atoms with Crippen LogP contribution in [0.1, 0.15) is 38.5 Å². The number of hydrogen-bond acceptors (Lipinski definition) is 5. The van der Waals surface area contributed by atoms with Crippen molar-refractivity contribution in [2.24, 2.45) is 5.73 Å². The average molecular weight is 310 g/mol. The molecule has 0 spiro atoms. The minimum absolute atomic E-state index is 0.0324. The second kappa shape index (κ2) is 5.67. The maximum Gasteiger partial charge on any atom is 0.214 e. The molecular weight excluding hydrogens is 288 g/mol. The monoisotopic (exact) mass is 310 g/mol. The van der Waals surface area contributed by atoms with Crippen LogP contribution in [0.2, 0.25) is 0 Å². The van der Waals surface area contributed by atoms with E-state index in [1.165, 1.54) is 0 Å². The smallest absolute Gasteiger partial charge is 0.214 e. The highest BCUT2D eigenvalue weighted by atomic mass is 32.2. The second-order valence-corrected chi connectivity index (χ2v) is 9.86. The van der Waals surface area contributed by atoms with Gasteiger partial charge in [-0.1, -0.05) is 12.8 Å². The standard InChI is InChI=1S/C11H22N2O4S2/c12-10-3-1-2-4-11(10)13-19(16,17)9-5-7-18(14,15)8-6-9/h9-11,13H,1-8,12H2. The third-order valence-electron chi connectivity index (χ3n) is 4.08. The number of hydrogen-bond donors (Lipinski definition) is 2. The van der Waals surface area contributed by atoms with Crippen molar-refractivity contribution in [3.8, 4) is 0 Å². The zero-order chi connectivity index (χ0) is 14.1. The van der Waals surface area contributed by atoms with Crippen LogP contribution in [0.15, 0.2) is 0 Å². The number of nitrogens with one attached hydrogen (secondary N) is 1. The Morgan fingerprint density at radius 2 is 1.58 bits per heavy atom. The van der Waals surface area contributed by atoms with E-state index in [0.717, 1.165) is 25.7 Å². The minimum atomic E-state index is -3.46. The summed E-state index contributed by atoms with van der Waals surface area (Å²) in [5.74, 6) is -0.0649. The van der Waals surface area contributed by atoms with Crippen LogP contribution < -0.4 is 10.5 Å². The first kappa shape index (κ1) is 15.2. The predicted molar refractivity (Wildman–Crippen MR) is 74.0 cm³/mol. The van der Waals surface area contributed by atoms with E-state index in [-0.39, 0.29) is 36.4 Å². The Labute approximate surface area is 115 Å². The molecule has 1 aliphatic heterocycles. The fourth-order valence-electron chi connectivity index (χ4n) is 2.79. The molecule has 0 bridgehead atoms. The summed E-state index contributed by atoms with van der Waals surface area (Å²) in [6.45, 7) is 0. The fourth-order valence-corrected chi connectivity index (χ4v) is 6.34. The second-order valence-electron chi connectivity index (χ2n) is 5.57. The molecule has 8 heteroatoms. The van der Waals surface area contributed by atoms with E-state index in [1.54, 1.807) is 0 Å². The molecule has 1 heterocycles. The summed E-state index contributed by atoms with van der Waals surface area (Å²) < 4.78 is 49.9. The summed E-state index contributed by atoms with van der Waals surface area (Å²) >= 11 is 0. The maximum absolute atomic E-state index is 12.2. The van der Waals surface area contributed by atoms with Gasteiger partial charge in [-0.2, -0.15) is 0 Å². The molecule has 2 rings (SSSR count). The average Bonchev–Trinajstić information content (AvgIpc) is 2.31. The van der Waals surface area contributed by atoms with Gasteiger partial charge in [-0.3, -0.25) is 0 Å². The molecule has 3 N–H and O–H groups in total. The Morgan fingerprint density at radius 3 is 2.16 bits per heavy atom. The largest absolute Gasteiger partial charge is 0.326 e. The lowest BCUT2D eigenvalue weighted by Crippen LogP contribution is -2.52. The van der Waals surface area contributed by atoms with E-state index in [2.05, 4.69) is 4.72 Å². The molecule has 19 heavy (non-hydrogen) atoms. The normalized spacial score (nSPS) is 33.1. The zero-order valence-corrected chi connectivity index (χ0v) is 12.5. The first-order valence-corrected chi connectivity index (χ1v) is 10.1. The Morgan fingerprint density at radius 1 is 1.00 bits per heavy atom. The topological polar surface area (TPSA) is 106 Å². The Kier molecular flexibility index (Phi) is 4.54. The lowest BCUT2D eigenvalue weighted by Gasteiger charge is -2.31. The molecule has 1 aliphatic carbocycles.